The second kappa shape index (κ2) is 3.87. The Labute approximate surface area is 89.1 Å². The van der Waals surface area contributed by atoms with Crippen LogP contribution in [0.2, 0.25) is 5.02 Å². The van der Waals surface area contributed by atoms with Crippen molar-refractivity contribution in [1.82, 2.24) is 0 Å². The molecule has 0 radical (unpaired) electrons. The quantitative estimate of drug-likeness (QED) is 0.762. The van der Waals surface area contributed by atoms with Gasteiger partial charge >= 0.3 is 0 Å². The number of rotatable bonds is 1. The molecular formula is C11H15ClFN. The van der Waals surface area contributed by atoms with Gasteiger partial charge in [0.2, 0.25) is 0 Å². The summed E-state index contributed by atoms with van der Waals surface area (Å²) in [5.74, 6) is -0.413. The molecule has 0 amide bonds. The van der Waals surface area contributed by atoms with E-state index in [1.54, 1.807) is 12.1 Å². The highest BCUT2D eigenvalue weighted by Gasteiger charge is 2.24. The maximum absolute atomic E-state index is 13.1. The molecule has 1 aromatic carbocycles. The summed E-state index contributed by atoms with van der Waals surface area (Å²) >= 11 is 5.84. The van der Waals surface area contributed by atoms with Crippen LogP contribution in [0.5, 0.6) is 0 Å². The molecule has 0 fully saturated rings. The Kier molecular flexibility index (Phi) is 3.17. The summed E-state index contributed by atoms with van der Waals surface area (Å²) in [5.41, 5.74) is 6.53. The molecule has 0 aromatic heterocycles. The summed E-state index contributed by atoms with van der Waals surface area (Å²) in [6.07, 6.45) is 0. The topological polar surface area (TPSA) is 26.0 Å². The van der Waals surface area contributed by atoms with E-state index >= 15 is 0 Å². The molecule has 0 saturated heterocycles. The predicted octanol–water partition coefficient (Wildman–Crippen LogP) is 3.53. The first kappa shape index (κ1) is 11.5. The number of hydrogen-bond donors (Lipinski definition) is 1. The molecule has 0 bridgehead atoms. The van der Waals surface area contributed by atoms with Crippen LogP contribution in [0.25, 0.3) is 0 Å². The maximum Gasteiger partial charge on any atom is 0.142 e. The fourth-order valence-electron chi connectivity index (χ4n) is 1.23. The second-order valence-corrected chi connectivity index (χ2v) is 4.86. The van der Waals surface area contributed by atoms with Gasteiger partial charge in [0.25, 0.3) is 0 Å². The molecule has 0 saturated carbocycles. The first-order valence-electron chi connectivity index (χ1n) is 4.53. The summed E-state index contributed by atoms with van der Waals surface area (Å²) in [4.78, 5) is 0. The molecule has 1 rings (SSSR count). The number of benzene rings is 1. The van der Waals surface area contributed by atoms with Crippen LogP contribution in [0.3, 0.4) is 0 Å². The van der Waals surface area contributed by atoms with Gasteiger partial charge in [-0.2, -0.15) is 0 Å². The lowest BCUT2D eigenvalue weighted by molar-refractivity contribution is 0.326. The first-order chi connectivity index (χ1) is 6.34. The molecule has 14 heavy (non-hydrogen) atoms. The predicted molar refractivity (Wildman–Crippen MR) is 57.8 cm³/mol. The van der Waals surface area contributed by atoms with Crippen LogP contribution in [0.1, 0.15) is 32.4 Å². The third-order valence-electron chi connectivity index (χ3n) is 2.25. The molecule has 3 heteroatoms. The lowest BCUT2D eigenvalue weighted by atomic mass is 9.83. The average molecular weight is 216 g/mol. The third-order valence-corrected chi connectivity index (χ3v) is 2.65. The highest BCUT2D eigenvalue weighted by molar-refractivity contribution is 6.31. The van der Waals surface area contributed by atoms with E-state index in [0.29, 0.717) is 5.56 Å². The Hall–Kier alpha value is -0.600. The highest BCUT2D eigenvalue weighted by Crippen LogP contribution is 2.34. The fraction of sp³-hybridized carbons (Fsp3) is 0.455. The van der Waals surface area contributed by atoms with E-state index < -0.39 is 5.82 Å². The van der Waals surface area contributed by atoms with Crippen LogP contribution in [0.15, 0.2) is 18.2 Å². The van der Waals surface area contributed by atoms with Gasteiger partial charge in [-0.25, -0.2) is 4.39 Å². The van der Waals surface area contributed by atoms with Crippen molar-refractivity contribution in [2.24, 2.45) is 11.1 Å². The lowest BCUT2D eigenvalue weighted by Crippen LogP contribution is -2.26. The Bertz CT molecular complexity index is 331. The van der Waals surface area contributed by atoms with Crippen LogP contribution in [0.4, 0.5) is 4.39 Å². The van der Waals surface area contributed by atoms with E-state index in [1.807, 2.05) is 20.8 Å². The molecule has 78 valence electrons. The molecule has 1 unspecified atom stereocenters. The first-order valence-corrected chi connectivity index (χ1v) is 4.91. The summed E-state index contributed by atoms with van der Waals surface area (Å²) < 4.78 is 13.1. The monoisotopic (exact) mass is 215 g/mol. The molecule has 1 aromatic rings. The zero-order valence-corrected chi connectivity index (χ0v) is 9.40. The minimum atomic E-state index is -0.413. The van der Waals surface area contributed by atoms with E-state index in [1.165, 1.54) is 6.07 Å². The maximum atomic E-state index is 13.1. The molecule has 0 heterocycles. The molecule has 1 atom stereocenters. The number of nitrogens with two attached hydrogens (primary N) is 1. The van der Waals surface area contributed by atoms with Gasteiger partial charge in [0.05, 0.1) is 5.02 Å². The van der Waals surface area contributed by atoms with Crippen molar-refractivity contribution in [3.8, 4) is 0 Å². The van der Waals surface area contributed by atoms with E-state index in [9.17, 15) is 4.39 Å². The Morgan fingerprint density at radius 3 is 2.43 bits per heavy atom. The zero-order chi connectivity index (χ0) is 10.9. The van der Waals surface area contributed by atoms with Gasteiger partial charge in [0, 0.05) is 6.04 Å². The van der Waals surface area contributed by atoms with Gasteiger partial charge in [0.15, 0.2) is 0 Å². The van der Waals surface area contributed by atoms with Gasteiger partial charge in [-0.1, -0.05) is 44.5 Å². The molecule has 0 aliphatic heterocycles. The van der Waals surface area contributed by atoms with Crippen molar-refractivity contribution in [3.63, 3.8) is 0 Å². The number of hydrogen-bond acceptors (Lipinski definition) is 1. The van der Waals surface area contributed by atoms with Crippen molar-refractivity contribution in [2.75, 3.05) is 0 Å². The SMILES string of the molecule is CC(C)(C)C(N)c1cccc(F)c1Cl. The standard InChI is InChI=1S/C11H15ClFN/c1-11(2,3)10(14)7-5-4-6-8(13)9(7)12/h4-6,10H,14H2,1-3H3. The largest absolute Gasteiger partial charge is 0.323 e. The van der Waals surface area contributed by atoms with Crippen LogP contribution >= 0.6 is 11.6 Å². The van der Waals surface area contributed by atoms with Gasteiger partial charge in [-0.15, -0.1) is 0 Å². The Balaban J connectivity index is 3.14. The molecule has 2 N–H and O–H groups in total. The van der Waals surface area contributed by atoms with Crippen molar-refractivity contribution < 1.29 is 4.39 Å². The van der Waals surface area contributed by atoms with Crippen molar-refractivity contribution in [1.29, 1.82) is 0 Å². The average Bonchev–Trinajstić information content (AvgIpc) is 2.07. The fourth-order valence-corrected chi connectivity index (χ4v) is 1.47. The van der Waals surface area contributed by atoms with Gasteiger partial charge in [-0.05, 0) is 17.0 Å². The molecule has 0 spiro atoms. The summed E-state index contributed by atoms with van der Waals surface area (Å²) in [6, 6.07) is 4.47. The third kappa shape index (κ3) is 2.25. The highest BCUT2D eigenvalue weighted by atomic mass is 35.5. The van der Waals surface area contributed by atoms with Crippen LogP contribution in [-0.2, 0) is 0 Å². The lowest BCUT2D eigenvalue weighted by Gasteiger charge is -2.28. The van der Waals surface area contributed by atoms with Crippen molar-refractivity contribution in [3.05, 3.63) is 34.6 Å². The van der Waals surface area contributed by atoms with Crippen LogP contribution in [-0.4, -0.2) is 0 Å². The summed E-state index contributed by atoms with van der Waals surface area (Å²) in [6.45, 7) is 6.00. The van der Waals surface area contributed by atoms with Gasteiger partial charge in [0.1, 0.15) is 5.82 Å². The van der Waals surface area contributed by atoms with E-state index in [0.717, 1.165) is 0 Å². The molecule has 0 aliphatic carbocycles. The Morgan fingerprint density at radius 2 is 1.93 bits per heavy atom. The zero-order valence-electron chi connectivity index (χ0n) is 8.64. The molecule has 1 nitrogen and oxygen atoms in total. The smallest absolute Gasteiger partial charge is 0.142 e. The molecular weight excluding hydrogens is 201 g/mol. The van der Waals surface area contributed by atoms with Crippen molar-refractivity contribution in [2.45, 2.75) is 26.8 Å². The van der Waals surface area contributed by atoms with E-state index in [4.69, 9.17) is 17.3 Å². The van der Waals surface area contributed by atoms with Gasteiger partial charge in [-0.3, -0.25) is 0 Å². The minimum Gasteiger partial charge on any atom is -0.323 e. The van der Waals surface area contributed by atoms with Crippen LogP contribution < -0.4 is 5.73 Å². The van der Waals surface area contributed by atoms with Crippen LogP contribution in [0, 0.1) is 11.2 Å². The Morgan fingerprint density at radius 1 is 1.36 bits per heavy atom. The van der Waals surface area contributed by atoms with Gasteiger partial charge < -0.3 is 5.73 Å². The van der Waals surface area contributed by atoms with Crippen molar-refractivity contribution >= 4 is 11.6 Å². The normalized spacial score (nSPS) is 14.1. The summed E-state index contributed by atoms with van der Waals surface area (Å²) in [7, 11) is 0. The summed E-state index contributed by atoms with van der Waals surface area (Å²) in [5, 5.41) is 0.134. The minimum absolute atomic E-state index is 0.128. The van der Waals surface area contributed by atoms with E-state index in [2.05, 4.69) is 0 Å². The second-order valence-electron chi connectivity index (χ2n) is 4.49. The number of halogens is 2. The molecule has 0 aliphatic rings. The van der Waals surface area contributed by atoms with E-state index in [-0.39, 0.29) is 16.5 Å².